The van der Waals surface area contributed by atoms with Crippen molar-refractivity contribution in [1.29, 1.82) is 0 Å². The summed E-state index contributed by atoms with van der Waals surface area (Å²) in [6.45, 7) is 4.22. The molecule has 3 rings (SSSR count). The number of anilines is 2. The number of nitrogens with one attached hydrogen (secondary N) is 2. The van der Waals surface area contributed by atoms with Crippen molar-refractivity contribution in [3.63, 3.8) is 0 Å². The van der Waals surface area contributed by atoms with Gasteiger partial charge >= 0.3 is 0 Å². The highest BCUT2D eigenvalue weighted by molar-refractivity contribution is 8.01. The first-order valence-electron chi connectivity index (χ1n) is 9.70. The van der Waals surface area contributed by atoms with Crippen LogP contribution in [0.3, 0.4) is 0 Å². The van der Waals surface area contributed by atoms with Crippen molar-refractivity contribution in [3.05, 3.63) is 42.5 Å². The molecular formula is C21H24N2O5S2. The third kappa shape index (κ3) is 5.14. The smallest absolute Gasteiger partial charge is 0.237 e. The molecule has 0 aliphatic carbocycles. The molecule has 2 aromatic carbocycles. The minimum atomic E-state index is -3.69. The number of rotatable bonds is 8. The number of ether oxygens (including phenoxy) is 1. The maximum Gasteiger partial charge on any atom is 0.237 e. The fraction of sp³-hybridized carbons (Fsp3) is 0.333. The average molecular weight is 449 g/mol. The lowest BCUT2D eigenvalue weighted by Gasteiger charge is -2.23. The van der Waals surface area contributed by atoms with E-state index in [1.807, 2.05) is 13.8 Å². The monoisotopic (exact) mass is 448 g/mol. The molecule has 0 aromatic heterocycles. The second-order valence-corrected chi connectivity index (χ2v) is 10.1. The van der Waals surface area contributed by atoms with Crippen LogP contribution in [0.4, 0.5) is 11.4 Å². The summed E-state index contributed by atoms with van der Waals surface area (Å²) in [5.41, 5.74) is 0.992. The summed E-state index contributed by atoms with van der Waals surface area (Å²) in [6.07, 6.45) is 0.496. The number of carbonyl (C=O) groups is 2. The molecule has 0 bridgehead atoms. The summed E-state index contributed by atoms with van der Waals surface area (Å²) in [5.74, 6) is -0.354. The molecule has 1 atom stereocenters. The first-order chi connectivity index (χ1) is 14.3. The second kappa shape index (κ2) is 9.53. The number of sulfone groups is 1. The van der Waals surface area contributed by atoms with Crippen molar-refractivity contribution in [2.24, 2.45) is 0 Å². The molecule has 1 aliphatic rings. The first kappa shape index (κ1) is 22.2. The maximum absolute atomic E-state index is 12.7. The first-order valence-corrected chi connectivity index (χ1v) is 12.2. The number of thioether (sulfide) groups is 1. The van der Waals surface area contributed by atoms with Gasteiger partial charge in [0.25, 0.3) is 0 Å². The quantitative estimate of drug-likeness (QED) is 0.638. The molecule has 2 amide bonds. The zero-order chi connectivity index (χ0) is 21.7. The Bertz CT molecular complexity index is 1050. The van der Waals surface area contributed by atoms with Crippen LogP contribution in [0, 0.1) is 0 Å². The third-order valence-electron chi connectivity index (χ3n) is 4.56. The number of benzene rings is 2. The van der Waals surface area contributed by atoms with Gasteiger partial charge in [0, 0.05) is 11.3 Å². The molecule has 0 saturated carbocycles. The molecule has 2 aromatic rings. The molecule has 0 spiro atoms. The number of carbonyl (C=O) groups excluding carboxylic acids is 2. The average Bonchev–Trinajstić information content (AvgIpc) is 2.73. The summed E-state index contributed by atoms with van der Waals surface area (Å²) in [4.78, 5) is 25.3. The highest BCUT2D eigenvalue weighted by Crippen LogP contribution is 2.38. The lowest BCUT2D eigenvalue weighted by atomic mass is 10.2. The van der Waals surface area contributed by atoms with Gasteiger partial charge in [-0.2, -0.15) is 0 Å². The topological polar surface area (TPSA) is 102 Å². The standard InChI is InChI=1S/C21H24N2O5S2/c1-3-18-21(25)23-16-13-14(9-10-19(16)29-18)30(26,27)12-11-20(24)22-15-7-5-6-8-17(15)28-4-2/h5-10,13,18H,3-4,11-12H2,1-2H3,(H,22,24)(H,23,25)/t18-/m1/s1. The molecule has 30 heavy (non-hydrogen) atoms. The van der Waals surface area contributed by atoms with Crippen LogP contribution in [0.15, 0.2) is 52.3 Å². The molecule has 0 unspecified atom stereocenters. The Balaban J connectivity index is 1.67. The summed E-state index contributed by atoms with van der Waals surface area (Å²) in [7, 11) is -3.69. The number of hydrogen-bond acceptors (Lipinski definition) is 6. The molecule has 9 heteroatoms. The van der Waals surface area contributed by atoms with E-state index in [0.717, 1.165) is 4.90 Å². The molecule has 1 heterocycles. The fourth-order valence-electron chi connectivity index (χ4n) is 3.00. The molecule has 160 valence electrons. The van der Waals surface area contributed by atoms with Crippen molar-refractivity contribution in [2.75, 3.05) is 23.0 Å². The lowest BCUT2D eigenvalue weighted by Crippen LogP contribution is -2.28. The molecule has 1 aliphatic heterocycles. The highest BCUT2D eigenvalue weighted by atomic mass is 32.2. The van der Waals surface area contributed by atoms with Gasteiger partial charge in [0.15, 0.2) is 9.84 Å². The summed E-state index contributed by atoms with van der Waals surface area (Å²) < 4.78 is 30.9. The van der Waals surface area contributed by atoms with Gasteiger partial charge in [-0.25, -0.2) is 8.42 Å². The van der Waals surface area contributed by atoms with Gasteiger partial charge in [-0.3, -0.25) is 9.59 Å². The van der Waals surface area contributed by atoms with Gasteiger partial charge in [0.1, 0.15) is 5.75 Å². The minimum absolute atomic E-state index is 0.0830. The number of para-hydroxylation sites is 2. The van der Waals surface area contributed by atoms with E-state index in [9.17, 15) is 18.0 Å². The van der Waals surface area contributed by atoms with Crippen molar-refractivity contribution < 1.29 is 22.7 Å². The van der Waals surface area contributed by atoms with Crippen molar-refractivity contribution >= 4 is 44.8 Å². The number of fused-ring (bicyclic) bond motifs is 1. The predicted octanol–water partition coefficient (Wildman–Crippen LogP) is 3.71. The molecule has 0 radical (unpaired) electrons. The Hall–Kier alpha value is -2.52. The van der Waals surface area contributed by atoms with E-state index in [1.165, 1.54) is 23.9 Å². The summed E-state index contributed by atoms with van der Waals surface area (Å²) in [5, 5.41) is 5.29. The fourth-order valence-corrected chi connectivity index (χ4v) is 5.29. The van der Waals surface area contributed by atoms with E-state index >= 15 is 0 Å². The highest BCUT2D eigenvalue weighted by Gasteiger charge is 2.27. The van der Waals surface area contributed by atoms with Crippen LogP contribution in [-0.2, 0) is 19.4 Å². The van der Waals surface area contributed by atoms with Crippen LogP contribution in [0.2, 0.25) is 0 Å². The van der Waals surface area contributed by atoms with E-state index in [4.69, 9.17) is 4.74 Å². The predicted molar refractivity (Wildman–Crippen MR) is 118 cm³/mol. The Labute approximate surface area is 180 Å². The zero-order valence-electron chi connectivity index (χ0n) is 16.8. The third-order valence-corrected chi connectivity index (χ3v) is 7.71. The van der Waals surface area contributed by atoms with Crippen LogP contribution >= 0.6 is 11.8 Å². The largest absolute Gasteiger partial charge is 0.492 e. The molecule has 0 fully saturated rings. The van der Waals surface area contributed by atoms with Crippen LogP contribution in [0.5, 0.6) is 5.75 Å². The molecular weight excluding hydrogens is 424 g/mol. The van der Waals surface area contributed by atoms with Crippen molar-refractivity contribution in [3.8, 4) is 5.75 Å². The van der Waals surface area contributed by atoms with Crippen LogP contribution in [-0.4, -0.2) is 37.8 Å². The van der Waals surface area contributed by atoms with E-state index in [0.29, 0.717) is 30.2 Å². The van der Waals surface area contributed by atoms with E-state index in [2.05, 4.69) is 10.6 Å². The van der Waals surface area contributed by atoms with Crippen LogP contribution < -0.4 is 15.4 Å². The van der Waals surface area contributed by atoms with Gasteiger partial charge in [0.2, 0.25) is 11.8 Å². The van der Waals surface area contributed by atoms with Gasteiger partial charge in [-0.15, -0.1) is 11.8 Å². The van der Waals surface area contributed by atoms with E-state index in [1.54, 1.807) is 30.3 Å². The maximum atomic E-state index is 12.7. The summed E-state index contributed by atoms with van der Waals surface area (Å²) >= 11 is 1.43. The minimum Gasteiger partial charge on any atom is -0.492 e. The van der Waals surface area contributed by atoms with Gasteiger partial charge in [-0.05, 0) is 43.7 Å². The van der Waals surface area contributed by atoms with E-state index < -0.39 is 15.7 Å². The van der Waals surface area contributed by atoms with Crippen LogP contribution in [0.25, 0.3) is 0 Å². The Morgan fingerprint density at radius 3 is 2.70 bits per heavy atom. The Morgan fingerprint density at radius 1 is 1.20 bits per heavy atom. The van der Waals surface area contributed by atoms with Gasteiger partial charge < -0.3 is 15.4 Å². The molecule has 0 saturated heterocycles. The zero-order valence-corrected chi connectivity index (χ0v) is 18.4. The second-order valence-electron chi connectivity index (χ2n) is 6.71. The number of hydrogen-bond donors (Lipinski definition) is 2. The van der Waals surface area contributed by atoms with E-state index in [-0.39, 0.29) is 28.2 Å². The van der Waals surface area contributed by atoms with Crippen molar-refractivity contribution in [1.82, 2.24) is 0 Å². The molecule has 7 nitrogen and oxygen atoms in total. The molecule has 2 N–H and O–H groups in total. The normalized spacial score (nSPS) is 15.8. The van der Waals surface area contributed by atoms with Crippen LogP contribution in [0.1, 0.15) is 26.7 Å². The number of amides is 2. The van der Waals surface area contributed by atoms with Gasteiger partial charge in [0.05, 0.1) is 33.9 Å². The SMILES string of the molecule is CCOc1ccccc1NC(=O)CCS(=O)(=O)c1ccc2c(c1)NC(=O)[C@@H](CC)S2. The van der Waals surface area contributed by atoms with Crippen molar-refractivity contribution in [2.45, 2.75) is 41.7 Å². The Kier molecular flexibility index (Phi) is 7.04. The van der Waals surface area contributed by atoms with Gasteiger partial charge in [-0.1, -0.05) is 19.1 Å². The Morgan fingerprint density at radius 2 is 1.97 bits per heavy atom. The lowest BCUT2D eigenvalue weighted by molar-refractivity contribution is -0.116. The summed E-state index contributed by atoms with van der Waals surface area (Å²) in [6, 6.07) is 11.7.